The van der Waals surface area contributed by atoms with Gasteiger partial charge in [0.15, 0.2) is 11.5 Å². The number of amides is 1. The molecule has 0 radical (unpaired) electrons. The molecule has 8 heteroatoms. The number of carbonyl (C=O) groups excluding carboxylic acids is 2. The van der Waals surface area contributed by atoms with Crippen LogP contribution in [0.1, 0.15) is 49.3 Å². The lowest BCUT2D eigenvalue weighted by Crippen LogP contribution is -2.51. The SMILES string of the molecule is CCOC(=O)OC1=C(c2c(C)cccc2C)C(=O)N(SC)C12CCC1(CC2)OCCO1. The molecule has 1 saturated heterocycles. The monoisotopic (exact) mass is 447 g/mol. The zero-order valence-electron chi connectivity index (χ0n) is 18.5. The van der Waals surface area contributed by atoms with Gasteiger partial charge in [0.1, 0.15) is 5.54 Å². The Labute approximate surface area is 187 Å². The number of rotatable bonds is 4. The van der Waals surface area contributed by atoms with Crippen LogP contribution < -0.4 is 0 Å². The van der Waals surface area contributed by atoms with Crippen LogP contribution in [0.15, 0.2) is 24.0 Å². The van der Waals surface area contributed by atoms with Crippen molar-refractivity contribution in [1.82, 2.24) is 4.31 Å². The van der Waals surface area contributed by atoms with E-state index in [1.165, 1.54) is 11.9 Å². The number of aryl methyl sites for hydroxylation is 2. The summed E-state index contributed by atoms with van der Waals surface area (Å²) in [6, 6.07) is 5.89. The molecule has 0 aromatic heterocycles. The predicted molar refractivity (Wildman–Crippen MR) is 117 cm³/mol. The summed E-state index contributed by atoms with van der Waals surface area (Å²) in [5.74, 6) is -0.363. The molecule has 1 aromatic rings. The molecule has 1 saturated carbocycles. The predicted octanol–water partition coefficient (Wildman–Crippen LogP) is 4.36. The smallest absolute Gasteiger partial charge is 0.434 e. The van der Waals surface area contributed by atoms with Crippen molar-refractivity contribution < 1.29 is 28.5 Å². The Morgan fingerprint density at radius 2 is 1.74 bits per heavy atom. The van der Waals surface area contributed by atoms with Crippen molar-refractivity contribution in [2.45, 2.75) is 57.8 Å². The highest BCUT2D eigenvalue weighted by Crippen LogP contribution is 2.54. The Balaban J connectivity index is 1.84. The van der Waals surface area contributed by atoms with Gasteiger partial charge in [0.2, 0.25) is 0 Å². The fourth-order valence-corrected chi connectivity index (χ4v) is 5.91. The summed E-state index contributed by atoms with van der Waals surface area (Å²) >= 11 is 1.36. The molecular formula is C23H29NO6S. The van der Waals surface area contributed by atoms with Crippen molar-refractivity contribution in [3.05, 3.63) is 40.6 Å². The van der Waals surface area contributed by atoms with Crippen molar-refractivity contribution >= 4 is 29.6 Å². The first-order chi connectivity index (χ1) is 14.9. The molecule has 0 unspecified atom stereocenters. The third kappa shape index (κ3) is 3.64. The van der Waals surface area contributed by atoms with Gasteiger partial charge < -0.3 is 18.9 Å². The second-order valence-corrected chi connectivity index (χ2v) is 8.91. The van der Waals surface area contributed by atoms with Crippen LogP contribution >= 0.6 is 11.9 Å². The van der Waals surface area contributed by atoms with Gasteiger partial charge in [-0.05, 0) is 62.3 Å². The normalized spacial score (nSPS) is 21.9. The van der Waals surface area contributed by atoms with Crippen LogP contribution in [0.25, 0.3) is 5.57 Å². The number of nitrogens with zero attached hydrogens (tertiary/aromatic N) is 1. The summed E-state index contributed by atoms with van der Waals surface area (Å²) in [5.41, 5.74) is 2.43. The van der Waals surface area contributed by atoms with Crippen LogP contribution in [0.2, 0.25) is 0 Å². The van der Waals surface area contributed by atoms with E-state index in [2.05, 4.69) is 0 Å². The van der Waals surface area contributed by atoms with Crippen molar-refractivity contribution in [3.8, 4) is 0 Å². The lowest BCUT2D eigenvalue weighted by atomic mass is 9.77. The highest BCUT2D eigenvalue weighted by Gasteiger charge is 2.59. The van der Waals surface area contributed by atoms with E-state index in [1.807, 2.05) is 38.3 Å². The molecule has 2 spiro atoms. The Hall–Kier alpha value is -2.03. The minimum atomic E-state index is -0.787. The molecule has 2 aliphatic heterocycles. The topological polar surface area (TPSA) is 74.3 Å². The third-order valence-corrected chi connectivity index (χ3v) is 7.33. The van der Waals surface area contributed by atoms with Gasteiger partial charge in [-0.25, -0.2) is 4.79 Å². The maximum atomic E-state index is 13.7. The molecule has 168 valence electrons. The highest BCUT2D eigenvalue weighted by atomic mass is 32.2. The van der Waals surface area contributed by atoms with E-state index < -0.39 is 17.5 Å². The Morgan fingerprint density at radius 3 is 2.29 bits per heavy atom. The van der Waals surface area contributed by atoms with Gasteiger partial charge in [-0.2, -0.15) is 0 Å². The largest absolute Gasteiger partial charge is 0.513 e. The lowest BCUT2D eigenvalue weighted by molar-refractivity contribution is -0.189. The van der Waals surface area contributed by atoms with E-state index in [0.717, 1.165) is 16.7 Å². The zero-order valence-corrected chi connectivity index (χ0v) is 19.3. The van der Waals surface area contributed by atoms with Gasteiger partial charge >= 0.3 is 6.16 Å². The van der Waals surface area contributed by atoms with Crippen LogP contribution in [0.3, 0.4) is 0 Å². The highest BCUT2D eigenvalue weighted by molar-refractivity contribution is 7.96. The third-order valence-electron chi connectivity index (χ3n) is 6.45. The Kier molecular flexibility index (Phi) is 6.07. The van der Waals surface area contributed by atoms with Gasteiger partial charge in [-0.3, -0.25) is 9.10 Å². The van der Waals surface area contributed by atoms with Crippen LogP contribution in [-0.4, -0.2) is 53.8 Å². The fraction of sp³-hybridized carbons (Fsp3) is 0.565. The second-order valence-electron chi connectivity index (χ2n) is 8.18. The average Bonchev–Trinajstić information content (AvgIpc) is 3.27. The molecule has 31 heavy (non-hydrogen) atoms. The van der Waals surface area contributed by atoms with Crippen LogP contribution in [0.4, 0.5) is 4.79 Å². The number of ether oxygens (including phenoxy) is 4. The maximum absolute atomic E-state index is 13.7. The van der Waals surface area contributed by atoms with E-state index >= 15 is 0 Å². The van der Waals surface area contributed by atoms with Crippen LogP contribution in [-0.2, 0) is 23.7 Å². The van der Waals surface area contributed by atoms with Gasteiger partial charge in [-0.1, -0.05) is 18.2 Å². The molecule has 1 amide bonds. The summed E-state index contributed by atoms with van der Waals surface area (Å²) in [4.78, 5) is 26.2. The summed E-state index contributed by atoms with van der Waals surface area (Å²) in [6.45, 7) is 7.01. The lowest BCUT2D eigenvalue weighted by Gasteiger charge is -2.45. The molecule has 3 aliphatic rings. The van der Waals surface area contributed by atoms with E-state index in [4.69, 9.17) is 18.9 Å². The molecular weight excluding hydrogens is 418 g/mol. The fourth-order valence-electron chi connectivity index (χ4n) is 5.04. The standard InChI is InChI=1S/C23H29NO6S/c1-5-27-21(26)30-19-18(17-15(2)7-6-8-16(17)3)20(25)24(31-4)22(19)9-11-23(12-10-22)28-13-14-29-23/h6-8H,5,9-14H2,1-4H3. The van der Waals surface area contributed by atoms with Gasteiger partial charge in [-0.15, -0.1) is 0 Å². The summed E-state index contributed by atoms with van der Waals surface area (Å²) < 4.78 is 24.5. The first-order valence-electron chi connectivity index (χ1n) is 10.7. The van der Waals surface area contributed by atoms with Crippen molar-refractivity contribution in [2.75, 3.05) is 26.1 Å². The molecule has 2 heterocycles. The minimum Gasteiger partial charge on any atom is -0.434 e. The summed E-state index contributed by atoms with van der Waals surface area (Å²) in [6.07, 6.45) is 3.47. The van der Waals surface area contributed by atoms with Crippen molar-refractivity contribution in [3.63, 3.8) is 0 Å². The van der Waals surface area contributed by atoms with Crippen LogP contribution in [0.5, 0.6) is 0 Å². The quantitative estimate of drug-likeness (QED) is 0.501. The minimum absolute atomic E-state index is 0.145. The van der Waals surface area contributed by atoms with E-state index in [9.17, 15) is 9.59 Å². The second kappa shape index (κ2) is 8.48. The number of hydrogen-bond donors (Lipinski definition) is 0. The Morgan fingerprint density at radius 1 is 1.13 bits per heavy atom. The average molecular weight is 448 g/mol. The molecule has 2 fully saturated rings. The first-order valence-corrected chi connectivity index (χ1v) is 11.9. The molecule has 0 atom stereocenters. The number of benzene rings is 1. The Bertz CT molecular complexity index is 890. The van der Waals surface area contributed by atoms with Crippen LogP contribution in [0, 0.1) is 13.8 Å². The van der Waals surface area contributed by atoms with E-state index in [1.54, 1.807) is 11.2 Å². The van der Waals surface area contributed by atoms with E-state index in [0.29, 0.717) is 50.2 Å². The molecule has 0 bridgehead atoms. The first kappa shape index (κ1) is 22.2. The van der Waals surface area contributed by atoms with E-state index in [-0.39, 0.29) is 12.5 Å². The number of hydrogen-bond acceptors (Lipinski definition) is 7. The van der Waals surface area contributed by atoms with Gasteiger partial charge in [0, 0.05) is 19.1 Å². The van der Waals surface area contributed by atoms with Crippen molar-refractivity contribution in [1.29, 1.82) is 0 Å². The molecule has 1 aliphatic carbocycles. The molecule has 0 N–H and O–H groups in total. The van der Waals surface area contributed by atoms with Gasteiger partial charge in [0.25, 0.3) is 5.91 Å². The molecule has 7 nitrogen and oxygen atoms in total. The molecule has 1 aromatic carbocycles. The van der Waals surface area contributed by atoms with Crippen molar-refractivity contribution in [2.24, 2.45) is 0 Å². The molecule has 4 rings (SSSR count). The van der Waals surface area contributed by atoms with Gasteiger partial charge in [0.05, 0.1) is 25.4 Å². The maximum Gasteiger partial charge on any atom is 0.513 e. The number of carbonyl (C=O) groups is 2. The summed E-state index contributed by atoms with van der Waals surface area (Å²) in [5, 5.41) is 0. The summed E-state index contributed by atoms with van der Waals surface area (Å²) in [7, 11) is 0. The zero-order chi connectivity index (χ0) is 22.2.